The fourth-order valence-corrected chi connectivity index (χ4v) is 6.98. The minimum Gasteiger partial charge on any atom is -0.507 e. The first-order valence-corrected chi connectivity index (χ1v) is 14.5. The van der Waals surface area contributed by atoms with Crippen LogP contribution in [-0.4, -0.2) is 51.1 Å². The van der Waals surface area contributed by atoms with Gasteiger partial charge in [-0.1, -0.05) is 27.7 Å². The van der Waals surface area contributed by atoms with Gasteiger partial charge in [-0.3, -0.25) is 19.8 Å². The Balaban J connectivity index is 1.48. The molecule has 0 aliphatic carbocycles. The smallest absolute Gasteiger partial charge is 0.124 e. The standard InChI is InChI=1S/C30H40BrN5O/c1-19-7-20(2)14-35(13-19)17-23-9-26(34-27-5-6-32-28-11-25(31)12-33-29(27)28)10-24(30(23)37)18-36-15-21(3)8-22(4)16-36/h5-6,9-12,19-22,37H,7-8,13-18H2,1-4H3,(H,32,34). The summed E-state index contributed by atoms with van der Waals surface area (Å²) in [7, 11) is 0. The molecule has 4 unspecified atom stereocenters. The molecule has 4 atom stereocenters. The molecular weight excluding hydrogens is 526 g/mol. The lowest BCUT2D eigenvalue weighted by atomic mass is 9.91. The van der Waals surface area contributed by atoms with E-state index in [-0.39, 0.29) is 0 Å². The van der Waals surface area contributed by atoms with Gasteiger partial charge < -0.3 is 10.4 Å². The predicted octanol–water partition coefficient (Wildman–Crippen LogP) is 6.80. The number of pyridine rings is 2. The zero-order chi connectivity index (χ0) is 26.1. The van der Waals surface area contributed by atoms with Crippen LogP contribution in [-0.2, 0) is 13.1 Å². The van der Waals surface area contributed by atoms with Crippen molar-refractivity contribution >= 4 is 38.3 Å². The van der Waals surface area contributed by atoms with E-state index in [9.17, 15) is 5.11 Å². The van der Waals surface area contributed by atoms with Crippen LogP contribution in [0.1, 0.15) is 51.7 Å². The summed E-state index contributed by atoms with van der Waals surface area (Å²) in [6.07, 6.45) is 6.17. The summed E-state index contributed by atoms with van der Waals surface area (Å²) in [6.45, 7) is 15.2. The number of phenols is 1. The van der Waals surface area contributed by atoms with Crippen molar-refractivity contribution in [3.05, 3.63) is 52.3 Å². The summed E-state index contributed by atoms with van der Waals surface area (Å²) in [5.74, 6) is 3.16. The van der Waals surface area contributed by atoms with Crippen LogP contribution in [0.25, 0.3) is 11.0 Å². The topological polar surface area (TPSA) is 64.5 Å². The minimum absolute atomic E-state index is 0.448. The van der Waals surface area contributed by atoms with Crippen molar-refractivity contribution < 1.29 is 5.11 Å². The summed E-state index contributed by atoms with van der Waals surface area (Å²) in [5, 5.41) is 15.1. The van der Waals surface area contributed by atoms with Crippen molar-refractivity contribution in [3.63, 3.8) is 0 Å². The molecule has 37 heavy (non-hydrogen) atoms. The second-order valence-electron chi connectivity index (χ2n) is 11.9. The van der Waals surface area contributed by atoms with E-state index in [4.69, 9.17) is 0 Å². The minimum atomic E-state index is 0.448. The Morgan fingerprint density at radius 3 is 1.95 bits per heavy atom. The van der Waals surface area contributed by atoms with E-state index < -0.39 is 0 Å². The van der Waals surface area contributed by atoms with Gasteiger partial charge in [0.2, 0.25) is 0 Å². The summed E-state index contributed by atoms with van der Waals surface area (Å²) in [4.78, 5) is 14.1. The average molecular weight is 567 g/mol. The summed E-state index contributed by atoms with van der Waals surface area (Å²) in [6, 6.07) is 8.20. The highest BCUT2D eigenvalue weighted by Crippen LogP contribution is 2.35. The number of nitrogens with zero attached hydrogens (tertiary/aromatic N) is 4. The molecule has 0 bridgehead atoms. The average Bonchev–Trinajstić information content (AvgIpc) is 2.80. The van der Waals surface area contributed by atoms with Crippen LogP contribution in [0.3, 0.4) is 0 Å². The molecule has 0 saturated carbocycles. The maximum Gasteiger partial charge on any atom is 0.124 e. The number of rotatable bonds is 6. The molecule has 4 heterocycles. The quantitative estimate of drug-likeness (QED) is 0.320. The first kappa shape index (κ1) is 26.4. The van der Waals surface area contributed by atoms with Gasteiger partial charge in [0.25, 0.3) is 0 Å². The van der Waals surface area contributed by atoms with E-state index >= 15 is 0 Å². The number of likely N-dealkylation sites (tertiary alicyclic amines) is 2. The summed E-state index contributed by atoms with van der Waals surface area (Å²) < 4.78 is 0.911. The van der Waals surface area contributed by atoms with Gasteiger partial charge in [-0.15, -0.1) is 0 Å². The van der Waals surface area contributed by atoms with Crippen LogP contribution >= 0.6 is 15.9 Å². The Morgan fingerprint density at radius 2 is 1.41 bits per heavy atom. The SMILES string of the molecule is CC1CC(C)CN(Cc2cc(Nc3ccnc4cc(Br)cnc34)cc(CN3CC(C)CC(C)C3)c2O)C1. The van der Waals surface area contributed by atoms with E-state index in [0.29, 0.717) is 29.4 Å². The summed E-state index contributed by atoms with van der Waals surface area (Å²) >= 11 is 3.50. The van der Waals surface area contributed by atoms with E-state index in [0.717, 1.165) is 77.3 Å². The first-order chi connectivity index (χ1) is 17.7. The van der Waals surface area contributed by atoms with Gasteiger partial charge >= 0.3 is 0 Å². The molecular formula is C30H40BrN5O. The molecule has 2 fully saturated rings. The van der Waals surface area contributed by atoms with Crippen LogP contribution in [0.15, 0.2) is 41.1 Å². The summed E-state index contributed by atoms with van der Waals surface area (Å²) in [5.41, 5.74) is 5.56. The van der Waals surface area contributed by atoms with Crippen LogP contribution in [0.2, 0.25) is 0 Å². The van der Waals surface area contributed by atoms with E-state index in [2.05, 4.69) is 80.8 Å². The molecule has 2 aliphatic rings. The van der Waals surface area contributed by atoms with E-state index in [1.54, 1.807) is 6.20 Å². The van der Waals surface area contributed by atoms with Crippen molar-refractivity contribution in [3.8, 4) is 5.75 Å². The van der Waals surface area contributed by atoms with Gasteiger partial charge in [-0.2, -0.15) is 0 Å². The lowest BCUT2D eigenvalue weighted by Gasteiger charge is -2.36. The molecule has 0 radical (unpaired) electrons. The molecule has 0 spiro atoms. The molecule has 2 aliphatic heterocycles. The van der Waals surface area contributed by atoms with Crippen LogP contribution in [0.4, 0.5) is 11.4 Å². The van der Waals surface area contributed by atoms with Gasteiger partial charge in [0, 0.05) is 72.9 Å². The second kappa shape index (κ2) is 11.3. The first-order valence-electron chi connectivity index (χ1n) is 13.7. The van der Waals surface area contributed by atoms with Crippen molar-refractivity contribution in [2.75, 3.05) is 31.5 Å². The van der Waals surface area contributed by atoms with Gasteiger partial charge in [0.05, 0.1) is 11.2 Å². The van der Waals surface area contributed by atoms with Gasteiger partial charge in [-0.25, -0.2) is 0 Å². The number of hydrogen-bond acceptors (Lipinski definition) is 6. The maximum atomic E-state index is 11.5. The number of phenolic OH excluding ortho intramolecular Hbond substituents is 1. The number of piperidine rings is 2. The van der Waals surface area contributed by atoms with Crippen molar-refractivity contribution in [1.29, 1.82) is 0 Å². The number of benzene rings is 1. The molecule has 6 nitrogen and oxygen atoms in total. The number of aromatic hydroxyl groups is 1. The Labute approximate surface area is 229 Å². The number of hydrogen-bond donors (Lipinski definition) is 2. The molecule has 5 rings (SSSR count). The van der Waals surface area contributed by atoms with Crippen molar-refractivity contribution in [2.24, 2.45) is 23.7 Å². The third kappa shape index (κ3) is 6.44. The highest BCUT2D eigenvalue weighted by atomic mass is 79.9. The number of aromatic nitrogens is 2. The molecule has 2 N–H and O–H groups in total. The maximum absolute atomic E-state index is 11.5. The lowest BCUT2D eigenvalue weighted by molar-refractivity contribution is 0.130. The highest BCUT2D eigenvalue weighted by Gasteiger charge is 2.26. The molecule has 2 saturated heterocycles. The van der Waals surface area contributed by atoms with Crippen LogP contribution in [0.5, 0.6) is 5.75 Å². The number of fused-ring (bicyclic) bond motifs is 1. The second-order valence-corrected chi connectivity index (χ2v) is 12.8. The monoisotopic (exact) mass is 565 g/mol. The zero-order valence-electron chi connectivity index (χ0n) is 22.5. The number of anilines is 2. The molecule has 2 aromatic heterocycles. The Bertz CT molecular complexity index is 1180. The Morgan fingerprint density at radius 1 is 0.865 bits per heavy atom. The third-order valence-corrected chi connectivity index (χ3v) is 8.20. The fourth-order valence-electron chi connectivity index (χ4n) is 6.66. The normalized spacial score (nSPS) is 25.4. The van der Waals surface area contributed by atoms with Gasteiger partial charge in [0.1, 0.15) is 11.3 Å². The third-order valence-electron chi connectivity index (χ3n) is 7.77. The number of nitrogens with one attached hydrogen (secondary N) is 1. The van der Waals surface area contributed by atoms with Gasteiger partial charge in [-0.05, 0) is 76.7 Å². The molecule has 0 amide bonds. The Hall–Kier alpha value is -2.22. The van der Waals surface area contributed by atoms with E-state index in [1.807, 2.05) is 18.3 Å². The van der Waals surface area contributed by atoms with Crippen LogP contribution < -0.4 is 5.32 Å². The zero-order valence-corrected chi connectivity index (χ0v) is 24.1. The molecule has 198 valence electrons. The highest BCUT2D eigenvalue weighted by molar-refractivity contribution is 9.10. The van der Waals surface area contributed by atoms with Crippen LogP contribution in [0, 0.1) is 23.7 Å². The van der Waals surface area contributed by atoms with Crippen molar-refractivity contribution in [2.45, 2.75) is 53.6 Å². The number of halogens is 1. The fraction of sp³-hybridized carbons (Fsp3) is 0.533. The molecule has 7 heteroatoms. The molecule has 3 aromatic rings. The predicted molar refractivity (Wildman–Crippen MR) is 155 cm³/mol. The Kier molecular flexibility index (Phi) is 8.03. The molecule has 1 aromatic carbocycles. The van der Waals surface area contributed by atoms with Crippen molar-refractivity contribution in [1.82, 2.24) is 19.8 Å². The lowest BCUT2D eigenvalue weighted by Crippen LogP contribution is -2.38. The largest absolute Gasteiger partial charge is 0.507 e. The van der Waals surface area contributed by atoms with Gasteiger partial charge in [0.15, 0.2) is 0 Å². The van der Waals surface area contributed by atoms with E-state index in [1.165, 1.54) is 12.8 Å².